The van der Waals surface area contributed by atoms with Gasteiger partial charge in [0, 0.05) is 5.56 Å². The number of benzene rings is 1. The molecule has 0 amide bonds. The summed E-state index contributed by atoms with van der Waals surface area (Å²) in [4.78, 5) is 0. The highest BCUT2D eigenvalue weighted by Gasteiger charge is 2.11. The number of hydrogen-bond donors (Lipinski definition) is 0. The Balaban J connectivity index is 2.47. The maximum Gasteiger partial charge on any atom is 0.0315 e. The van der Waals surface area contributed by atoms with E-state index in [9.17, 15) is 0 Å². The first-order chi connectivity index (χ1) is 6.29. The zero-order valence-corrected chi connectivity index (χ0v) is 7.80. The Morgan fingerprint density at radius 2 is 2.15 bits per heavy atom. The Kier molecular flexibility index (Phi) is 1.94. The van der Waals surface area contributed by atoms with Crippen LogP contribution < -0.4 is 0 Å². The van der Waals surface area contributed by atoms with E-state index in [1.165, 1.54) is 29.5 Å². The topological polar surface area (TPSA) is 0 Å². The minimum absolute atomic E-state index is 1.00. The van der Waals surface area contributed by atoms with Crippen molar-refractivity contribution < 1.29 is 0 Å². The summed E-state index contributed by atoms with van der Waals surface area (Å²) < 4.78 is 0. The maximum atomic E-state index is 5.42. The van der Waals surface area contributed by atoms with Crippen molar-refractivity contribution in [3.8, 4) is 12.3 Å². The van der Waals surface area contributed by atoms with Crippen LogP contribution in [-0.2, 0) is 0 Å². The summed E-state index contributed by atoms with van der Waals surface area (Å²) in [6.07, 6.45) is 10.1. The molecule has 13 heavy (non-hydrogen) atoms. The minimum atomic E-state index is 1.00. The second kappa shape index (κ2) is 3.11. The molecule has 2 rings (SSSR count). The van der Waals surface area contributed by atoms with Crippen LogP contribution in [0.3, 0.4) is 0 Å². The van der Waals surface area contributed by atoms with Crippen molar-refractivity contribution in [2.75, 3.05) is 0 Å². The molecule has 64 valence electrons. The Labute approximate surface area is 79.3 Å². The SMILES string of the molecule is C#Cc1ccc(C)cc1C=C1CC1. The monoisotopic (exact) mass is 168 g/mol. The van der Waals surface area contributed by atoms with Crippen molar-refractivity contribution in [3.63, 3.8) is 0 Å². The van der Waals surface area contributed by atoms with E-state index in [0.29, 0.717) is 0 Å². The van der Waals surface area contributed by atoms with Gasteiger partial charge in [0.05, 0.1) is 0 Å². The van der Waals surface area contributed by atoms with Crippen LogP contribution >= 0.6 is 0 Å². The van der Waals surface area contributed by atoms with Gasteiger partial charge < -0.3 is 0 Å². The molecule has 0 radical (unpaired) electrons. The summed E-state index contributed by atoms with van der Waals surface area (Å²) in [5.41, 5.74) is 4.99. The normalized spacial score (nSPS) is 13.7. The molecule has 0 aromatic heterocycles. The average molecular weight is 168 g/mol. The molecule has 0 bridgehead atoms. The average Bonchev–Trinajstić information content (AvgIpc) is 2.89. The van der Waals surface area contributed by atoms with Gasteiger partial charge in [-0.2, -0.15) is 0 Å². The van der Waals surface area contributed by atoms with Gasteiger partial charge in [-0.3, -0.25) is 0 Å². The quantitative estimate of drug-likeness (QED) is 0.565. The predicted octanol–water partition coefficient (Wildman–Crippen LogP) is 3.15. The summed E-state index contributed by atoms with van der Waals surface area (Å²) in [5.74, 6) is 2.71. The smallest absolute Gasteiger partial charge is 0.0315 e. The third kappa shape index (κ3) is 1.81. The lowest BCUT2D eigenvalue weighted by molar-refractivity contribution is 1.44. The van der Waals surface area contributed by atoms with Crippen LogP contribution in [0.15, 0.2) is 23.8 Å². The fraction of sp³-hybridized carbons (Fsp3) is 0.231. The highest BCUT2D eigenvalue weighted by atomic mass is 14.2. The van der Waals surface area contributed by atoms with E-state index in [4.69, 9.17) is 6.42 Å². The molecule has 1 aromatic rings. The summed E-state index contributed by atoms with van der Waals surface area (Å²) >= 11 is 0. The van der Waals surface area contributed by atoms with E-state index < -0.39 is 0 Å². The first-order valence-corrected chi connectivity index (χ1v) is 4.56. The Bertz CT molecular complexity index is 397. The molecule has 0 heteroatoms. The van der Waals surface area contributed by atoms with Gasteiger partial charge in [-0.25, -0.2) is 0 Å². The highest BCUT2D eigenvalue weighted by molar-refractivity contribution is 5.63. The van der Waals surface area contributed by atoms with Crippen molar-refractivity contribution >= 4 is 6.08 Å². The fourth-order valence-corrected chi connectivity index (χ4v) is 1.37. The lowest BCUT2D eigenvalue weighted by Crippen LogP contribution is -1.83. The van der Waals surface area contributed by atoms with Crippen molar-refractivity contribution in [1.29, 1.82) is 0 Å². The van der Waals surface area contributed by atoms with E-state index in [-0.39, 0.29) is 0 Å². The van der Waals surface area contributed by atoms with Gasteiger partial charge in [0.1, 0.15) is 0 Å². The van der Waals surface area contributed by atoms with E-state index >= 15 is 0 Å². The molecule has 0 heterocycles. The Morgan fingerprint density at radius 3 is 2.77 bits per heavy atom. The maximum absolute atomic E-state index is 5.42. The van der Waals surface area contributed by atoms with Crippen LogP contribution in [0.5, 0.6) is 0 Å². The molecule has 0 aliphatic heterocycles. The molecule has 0 N–H and O–H groups in total. The van der Waals surface area contributed by atoms with E-state index in [2.05, 4.69) is 31.1 Å². The number of aryl methyl sites for hydroxylation is 1. The molecule has 1 aromatic carbocycles. The van der Waals surface area contributed by atoms with Gasteiger partial charge in [0.2, 0.25) is 0 Å². The standard InChI is InChI=1S/C13H12/c1-3-12-7-4-10(2)8-13(12)9-11-5-6-11/h1,4,7-9H,5-6H2,2H3. The minimum Gasteiger partial charge on any atom is -0.115 e. The molecule has 1 fully saturated rings. The van der Waals surface area contributed by atoms with Crippen molar-refractivity contribution in [3.05, 3.63) is 40.5 Å². The second-order valence-electron chi connectivity index (χ2n) is 3.54. The van der Waals surface area contributed by atoms with Crippen LogP contribution in [0.4, 0.5) is 0 Å². The third-order valence-electron chi connectivity index (χ3n) is 2.26. The van der Waals surface area contributed by atoms with Gasteiger partial charge >= 0.3 is 0 Å². The van der Waals surface area contributed by atoms with E-state index in [1.807, 2.05) is 6.07 Å². The largest absolute Gasteiger partial charge is 0.115 e. The van der Waals surface area contributed by atoms with Gasteiger partial charge in [-0.1, -0.05) is 35.3 Å². The zero-order valence-electron chi connectivity index (χ0n) is 7.80. The Hall–Kier alpha value is -1.48. The molecule has 0 nitrogen and oxygen atoms in total. The molecule has 0 atom stereocenters. The lowest BCUT2D eigenvalue weighted by Gasteiger charge is -2.00. The Morgan fingerprint density at radius 1 is 1.38 bits per heavy atom. The van der Waals surface area contributed by atoms with Crippen molar-refractivity contribution in [2.45, 2.75) is 19.8 Å². The van der Waals surface area contributed by atoms with Crippen LogP contribution in [0.1, 0.15) is 29.5 Å². The van der Waals surface area contributed by atoms with Gasteiger partial charge in [0.25, 0.3) is 0 Å². The van der Waals surface area contributed by atoms with Crippen molar-refractivity contribution in [2.24, 2.45) is 0 Å². The molecule has 0 saturated heterocycles. The number of hydrogen-bond acceptors (Lipinski definition) is 0. The number of allylic oxidation sites excluding steroid dienone is 1. The summed E-state index contributed by atoms with van der Waals surface area (Å²) in [6, 6.07) is 6.23. The molecular weight excluding hydrogens is 156 g/mol. The summed E-state index contributed by atoms with van der Waals surface area (Å²) in [6.45, 7) is 2.09. The van der Waals surface area contributed by atoms with E-state index in [0.717, 1.165) is 5.56 Å². The molecule has 0 unspecified atom stereocenters. The number of terminal acetylenes is 1. The van der Waals surface area contributed by atoms with Gasteiger partial charge in [0.15, 0.2) is 0 Å². The summed E-state index contributed by atoms with van der Waals surface area (Å²) in [5, 5.41) is 0. The van der Waals surface area contributed by atoms with E-state index in [1.54, 1.807) is 0 Å². The first kappa shape index (κ1) is 8.13. The molecular formula is C13H12. The molecule has 1 aliphatic carbocycles. The molecule has 1 saturated carbocycles. The number of rotatable bonds is 1. The lowest BCUT2D eigenvalue weighted by atomic mass is 10.0. The molecule has 1 aliphatic rings. The fourth-order valence-electron chi connectivity index (χ4n) is 1.37. The van der Waals surface area contributed by atoms with Crippen molar-refractivity contribution in [1.82, 2.24) is 0 Å². The third-order valence-corrected chi connectivity index (χ3v) is 2.26. The van der Waals surface area contributed by atoms with Crippen LogP contribution in [-0.4, -0.2) is 0 Å². The molecule has 0 spiro atoms. The zero-order chi connectivity index (χ0) is 9.26. The van der Waals surface area contributed by atoms with Gasteiger partial charge in [-0.05, 0) is 31.4 Å². The predicted molar refractivity (Wildman–Crippen MR) is 56.3 cm³/mol. The first-order valence-electron chi connectivity index (χ1n) is 4.56. The van der Waals surface area contributed by atoms with Crippen LogP contribution in [0, 0.1) is 19.3 Å². The van der Waals surface area contributed by atoms with Crippen LogP contribution in [0.2, 0.25) is 0 Å². The summed E-state index contributed by atoms with van der Waals surface area (Å²) in [7, 11) is 0. The van der Waals surface area contributed by atoms with Gasteiger partial charge in [-0.15, -0.1) is 6.42 Å². The highest BCUT2D eigenvalue weighted by Crippen LogP contribution is 2.31. The second-order valence-corrected chi connectivity index (χ2v) is 3.54. The van der Waals surface area contributed by atoms with Crippen LogP contribution in [0.25, 0.3) is 6.08 Å².